The van der Waals surface area contributed by atoms with Gasteiger partial charge in [-0.3, -0.25) is 9.59 Å². The lowest BCUT2D eigenvalue weighted by Crippen LogP contribution is -2.29. The number of hydrogen-bond donors (Lipinski definition) is 1. The molecular weight excluding hydrogens is 368 g/mol. The largest absolute Gasteiger partial charge is 0.300 e. The molecule has 0 aliphatic heterocycles. The second kappa shape index (κ2) is 7.51. The molecule has 0 fully saturated rings. The van der Waals surface area contributed by atoms with E-state index >= 15 is 0 Å². The van der Waals surface area contributed by atoms with Gasteiger partial charge in [-0.05, 0) is 43.2 Å². The molecule has 4 rings (SSSR count). The van der Waals surface area contributed by atoms with Gasteiger partial charge in [0.1, 0.15) is 12.2 Å². The maximum atomic E-state index is 12.4. The Morgan fingerprint density at radius 1 is 1.19 bits per heavy atom. The monoisotopic (exact) mass is 386 g/mol. The molecule has 0 atom stereocenters. The average Bonchev–Trinajstić information content (AvgIpc) is 3.23. The number of carbonyl (C=O) groups excluding carboxylic acids is 1. The van der Waals surface area contributed by atoms with E-state index in [0.717, 1.165) is 29.8 Å². The minimum Gasteiger partial charge on any atom is -0.300 e. The average molecular weight is 387 g/mol. The lowest BCUT2D eigenvalue weighted by Gasteiger charge is -2.06. The highest BCUT2D eigenvalue weighted by Gasteiger charge is 2.16. The van der Waals surface area contributed by atoms with E-state index < -0.39 is 0 Å². The van der Waals surface area contributed by atoms with Crippen LogP contribution in [0.3, 0.4) is 0 Å². The highest BCUT2D eigenvalue weighted by Crippen LogP contribution is 2.28. The molecule has 0 spiro atoms. The van der Waals surface area contributed by atoms with Gasteiger partial charge in [0.25, 0.3) is 5.56 Å². The van der Waals surface area contributed by atoms with E-state index in [-0.39, 0.29) is 18.0 Å². The number of rotatable bonds is 4. The van der Waals surface area contributed by atoms with Crippen molar-refractivity contribution in [2.24, 2.45) is 0 Å². The Balaban J connectivity index is 1.48. The Bertz CT molecular complexity index is 952. The number of amides is 1. The van der Waals surface area contributed by atoms with Crippen molar-refractivity contribution >= 4 is 33.7 Å². The second-order valence-corrected chi connectivity index (χ2v) is 8.22. The SMILES string of the molecule is O=C(Cn1nc(-c2cccs2)ccc1=O)Nc1nc2c(s1)CCCCC2. The molecule has 26 heavy (non-hydrogen) atoms. The van der Waals surface area contributed by atoms with Crippen LogP contribution in [-0.2, 0) is 24.2 Å². The lowest BCUT2D eigenvalue weighted by atomic mass is 10.2. The van der Waals surface area contributed by atoms with Gasteiger partial charge in [-0.1, -0.05) is 12.5 Å². The first kappa shape index (κ1) is 17.1. The van der Waals surface area contributed by atoms with E-state index in [0.29, 0.717) is 10.8 Å². The molecule has 3 heterocycles. The van der Waals surface area contributed by atoms with Crippen molar-refractivity contribution in [3.63, 3.8) is 0 Å². The van der Waals surface area contributed by atoms with Crippen LogP contribution in [0.15, 0.2) is 34.4 Å². The van der Waals surface area contributed by atoms with Gasteiger partial charge in [0, 0.05) is 10.9 Å². The zero-order valence-electron chi connectivity index (χ0n) is 14.1. The molecule has 3 aromatic rings. The fourth-order valence-electron chi connectivity index (χ4n) is 2.99. The number of aromatic nitrogens is 3. The number of hydrogen-bond acceptors (Lipinski definition) is 6. The van der Waals surface area contributed by atoms with Crippen molar-refractivity contribution in [3.8, 4) is 10.6 Å². The molecule has 1 amide bonds. The minimum absolute atomic E-state index is 0.123. The van der Waals surface area contributed by atoms with Gasteiger partial charge in [-0.2, -0.15) is 5.10 Å². The van der Waals surface area contributed by atoms with Gasteiger partial charge >= 0.3 is 0 Å². The summed E-state index contributed by atoms with van der Waals surface area (Å²) in [6, 6.07) is 6.99. The van der Waals surface area contributed by atoms with Gasteiger partial charge in [-0.25, -0.2) is 9.67 Å². The molecule has 0 aromatic carbocycles. The molecule has 1 aliphatic rings. The molecule has 8 heteroatoms. The number of nitrogens with zero attached hydrogens (tertiary/aromatic N) is 3. The minimum atomic E-state index is -0.296. The van der Waals surface area contributed by atoms with Crippen molar-refractivity contribution in [2.75, 3.05) is 5.32 Å². The first-order chi connectivity index (χ1) is 12.7. The van der Waals surface area contributed by atoms with Crippen LogP contribution < -0.4 is 10.9 Å². The molecule has 0 bridgehead atoms. The van der Waals surface area contributed by atoms with Crippen LogP contribution in [0.5, 0.6) is 0 Å². The van der Waals surface area contributed by atoms with E-state index in [4.69, 9.17) is 0 Å². The molecule has 0 unspecified atom stereocenters. The van der Waals surface area contributed by atoms with Gasteiger partial charge in [0.05, 0.1) is 10.6 Å². The Morgan fingerprint density at radius 2 is 2.08 bits per heavy atom. The molecule has 134 valence electrons. The van der Waals surface area contributed by atoms with E-state index in [1.165, 1.54) is 28.5 Å². The maximum absolute atomic E-state index is 12.4. The number of thiazole rings is 1. The number of nitrogens with one attached hydrogen (secondary N) is 1. The summed E-state index contributed by atoms with van der Waals surface area (Å²) < 4.78 is 1.20. The summed E-state index contributed by atoms with van der Waals surface area (Å²) in [5.41, 5.74) is 1.50. The fourth-order valence-corrected chi connectivity index (χ4v) is 4.75. The third-order valence-electron chi connectivity index (χ3n) is 4.28. The Hall–Kier alpha value is -2.32. The summed E-state index contributed by atoms with van der Waals surface area (Å²) in [7, 11) is 0. The van der Waals surface area contributed by atoms with Crippen molar-refractivity contribution in [2.45, 2.75) is 38.6 Å². The molecule has 6 nitrogen and oxygen atoms in total. The number of fused-ring (bicyclic) bond motifs is 1. The van der Waals surface area contributed by atoms with Gasteiger partial charge < -0.3 is 5.32 Å². The lowest BCUT2D eigenvalue weighted by molar-refractivity contribution is -0.117. The zero-order valence-corrected chi connectivity index (χ0v) is 15.7. The number of aryl methyl sites for hydroxylation is 2. The van der Waals surface area contributed by atoms with Crippen molar-refractivity contribution in [1.82, 2.24) is 14.8 Å². The molecule has 3 aromatic heterocycles. The van der Waals surface area contributed by atoms with Crippen LogP contribution in [-0.4, -0.2) is 20.7 Å². The summed E-state index contributed by atoms with van der Waals surface area (Å²) >= 11 is 3.09. The summed E-state index contributed by atoms with van der Waals surface area (Å²) in [6.45, 7) is -0.123. The van der Waals surface area contributed by atoms with Crippen LogP contribution in [0, 0.1) is 0 Å². The normalized spacial score (nSPS) is 13.8. The first-order valence-electron chi connectivity index (χ1n) is 8.59. The van der Waals surface area contributed by atoms with E-state index in [2.05, 4.69) is 15.4 Å². The van der Waals surface area contributed by atoms with Crippen LogP contribution in [0.1, 0.15) is 29.8 Å². The summed E-state index contributed by atoms with van der Waals surface area (Å²) in [5, 5.41) is 9.70. The van der Waals surface area contributed by atoms with Crippen molar-refractivity contribution < 1.29 is 4.79 Å². The van der Waals surface area contributed by atoms with Crippen LogP contribution in [0.25, 0.3) is 10.6 Å². The zero-order chi connectivity index (χ0) is 17.9. The molecule has 0 saturated heterocycles. The highest BCUT2D eigenvalue weighted by atomic mass is 32.1. The predicted octanol–water partition coefficient (Wildman–Crippen LogP) is 3.34. The quantitative estimate of drug-likeness (QED) is 0.698. The van der Waals surface area contributed by atoms with Crippen LogP contribution in [0.2, 0.25) is 0 Å². The van der Waals surface area contributed by atoms with E-state index in [1.807, 2.05) is 17.5 Å². The Labute approximate surface area is 158 Å². The number of carbonyl (C=O) groups is 1. The summed E-state index contributed by atoms with van der Waals surface area (Å²) in [5.74, 6) is -0.285. The molecule has 1 aliphatic carbocycles. The Kier molecular flexibility index (Phi) is 4.94. The summed E-state index contributed by atoms with van der Waals surface area (Å²) in [4.78, 5) is 31.2. The molecule has 1 N–H and O–H groups in total. The van der Waals surface area contributed by atoms with E-state index in [9.17, 15) is 9.59 Å². The maximum Gasteiger partial charge on any atom is 0.267 e. The van der Waals surface area contributed by atoms with E-state index in [1.54, 1.807) is 28.7 Å². The fraction of sp³-hybridized carbons (Fsp3) is 0.333. The van der Waals surface area contributed by atoms with Gasteiger partial charge in [0.2, 0.25) is 5.91 Å². The second-order valence-electron chi connectivity index (χ2n) is 6.19. The van der Waals surface area contributed by atoms with Gasteiger partial charge in [0.15, 0.2) is 5.13 Å². The van der Waals surface area contributed by atoms with Crippen LogP contribution >= 0.6 is 22.7 Å². The smallest absolute Gasteiger partial charge is 0.267 e. The van der Waals surface area contributed by atoms with Gasteiger partial charge in [-0.15, -0.1) is 22.7 Å². The highest BCUT2D eigenvalue weighted by molar-refractivity contribution is 7.15. The number of anilines is 1. The number of thiophene rings is 1. The Morgan fingerprint density at radius 3 is 2.92 bits per heavy atom. The van der Waals surface area contributed by atoms with Crippen LogP contribution in [0.4, 0.5) is 5.13 Å². The first-order valence-corrected chi connectivity index (χ1v) is 10.3. The molecule has 0 saturated carbocycles. The van der Waals surface area contributed by atoms with Crippen molar-refractivity contribution in [3.05, 3.63) is 50.6 Å². The molecule has 0 radical (unpaired) electrons. The topological polar surface area (TPSA) is 76.9 Å². The third kappa shape index (κ3) is 3.76. The predicted molar refractivity (Wildman–Crippen MR) is 104 cm³/mol. The summed E-state index contributed by atoms with van der Waals surface area (Å²) in [6.07, 6.45) is 5.58. The van der Waals surface area contributed by atoms with Crippen molar-refractivity contribution in [1.29, 1.82) is 0 Å². The molecular formula is C18H18N4O2S2. The third-order valence-corrected chi connectivity index (χ3v) is 6.24. The standard InChI is InChI=1S/C18H18N4O2S2/c23-16(20-18-19-12-5-2-1-3-6-15(12)26-18)11-22-17(24)9-8-13(21-22)14-7-4-10-25-14/h4,7-10H,1-3,5-6,11H2,(H,19,20,23).